The predicted molar refractivity (Wildman–Crippen MR) is 167 cm³/mol. The fourth-order valence-corrected chi connectivity index (χ4v) is 7.00. The normalized spacial score (nSPS) is 16.9. The summed E-state index contributed by atoms with van der Waals surface area (Å²) in [6.07, 6.45) is 2.54. The Labute approximate surface area is 258 Å². The molecule has 3 aromatic carbocycles. The van der Waals surface area contributed by atoms with Crippen molar-refractivity contribution in [2.75, 3.05) is 18.4 Å². The van der Waals surface area contributed by atoms with E-state index in [-0.39, 0.29) is 23.0 Å². The number of hydrogen-bond donors (Lipinski definition) is 2. The number of aromatic nitrogens is 3. The summed E-state index contributed by atoms with van der Waals surface area (Å²) < 4.78 is 75.9. The van der Waals surface area contributed by atoms with E-state index in [0.717, 1.165) is 0 Å². The molecule has 2 atom stereocenters. The number of fused-ring (bicyclic) bond motifs is 1. The quantitative estimate of drug-likeness (QED) is 0.195. The summed E-state index contributed by atoms with van der Waals surface area (Å²) in [5, 5.41) is 7.06. The number of hydrogen-bond acceptors (Lipinski definition) is 8. The number of halogens is 3. The minimum atomic E-state index is -3.94. The summed E-state index contributed by atoms with van der Waals surface area (Å²) in [4.78, 5) is 13.4. The van der Waals surface area contributed by atoms with E-state index in [0.29, 0.717) is 58.8 Å². The van der Waals surface area contributed by atoms with Crippen LogP contribution in [0.15, 0.2) is 79.1 Å². The number of benzene rings is 3. The van der Waals surface area contributed by atoms with Gasteiger partial charge in [-0.05, 0) is 54.3 Å². The van der Waals surface area contributed by atoms with Gasteiger partial charge in [0.1, 0.15) is 23.6 Å². The van der Waals surface area contributed by atoms with Crippen molar-refractivity contribution in [3.8, 4) is 22.9 Å². The molecule has 0 amide bonds. The number of sulfone groups is 1. The molecule has 6 rings (SSSR count). The second-order valence-electron chi connectivity index (χ2n) is 11.0. The SMILES string of the molecule is Cc1ccc2c(CS(=O)(=O)Cc3ccccc3F)c(F)ccc2c1Oc1ncccc1-c1ccnc(NC2CNCC(F)C2)n1. The third-order valence-electron chi connectivity index (χ3n) is 7.63. The highest BCUT2D eigenvalue weighted by molar-refractivity contribution is 7.89. The van der Waals surface area contributed by atoms with Crippen LogP contribution in [0, 0.1) is 18.6 Å². The molecule has 0 saturated carbocycles. The second-order valence-corrected chi connectivity index (χ2v) is 13.1. The van der Waals surface area contributed by atoms with E-state index in [1.165, 1.54) is 30.3 Å². The van der Waals surface area contributed by atoms with Gasteiger partial charge in [0.25, 0.3) is 0 Å². The molecule has 1 saturated heterocycles. The van der Waals surface area contributed by atoms with Gasteiger partial charge >= 0.3 is 0 Å². The standard InChI is InChI=1S/C33H30F3N5O3S/c1-20-8-9-24-25(10-11-29(36)27(24)19-45(42,43)18-21-5-2-3-7-28(21)35)31(20)44-32-26(6-4-13-38-32)30-12-14-39-33(41-30)40-23-15-22(34)16-37-17-23/h2-14,22-23,37H,15-19H2,1H3,(H,39,40,41). The summed E-state index contributed by atoms with van der Waals surface area (Å²) in [6, 6.07) is 16.8. The second kappa shape index (κ2) is 12.8. The van der Waals surface area contributed by atoms with Crippen molar-refractivity contribution in [1.29, 1.82) is 0 Å². The summed E-state index contributed by atoms with van der Waals surface area (Å²) in [7, 11) is -3.94. The van der Waals surface area contributed by atoms with Gasteiger partial charge < -0.3 is 15.4 Å². The van der Waals surface area contributed by atoms with Crippen LogP contribution in [0.3, 0.4) is 0 Å². The number of nitrogens with one attached hydrogen (secondary N) is 2. The fourth-order valence-electron chi connectivity index (χ4n) is 5.45. The molecule has 2 unspecified atom stereocenters. The molecule has 45 heavy (non-hydrogen) atoms. The Hall–Kier alpha value is -4.55. The molecule has 1 fully saturated rings. The Morgan fingerprint density at radius 3 is 2.56 bits per heavy atom. The predicted octanol–water partition coefficient (Wildman–Crippen LogP) is 6.30. The van der Waals surface area contributed by atoms with E-state index in [4.69, 9.17) is 4.74 Å². The van der Waals surface area contributed by atoms with Gasteiger partial charge in [0, 0.05) is 54.5 Å². The van der Waals surface area contributed by atoms with Crippen LogP contribution in [0.2, 0.25) is 0 Å². The highest BCUT2D eigenvalue weighted by atomic mass is 32.2. The lowest BCUT2D eigenvalue weighted by molar-refractivity contribution is 0.254. The van der Waals surface area contributed by atoms with Gasteiger partial charge in [-0.3, -0.25) is 0 Å². The van der Waals surface area contributed by atoms with Gasteiger partial charge in [0.15, 0.2) is 9.84 Å². The number of rotatable bonds is 9. The first-order valence-electron chi connectivity index (χ1n) is 14.4. The largest absolute Gasteiger partial charge is 0.437 e. The molecule has 3 heterocycles. The van der Waals surface area contributed by atoms with Crippen LogP contribution in [0.25, 0.3) is 22.0 Å². The maximum absolute atomic E-state index is 15.2. The lowest BCUT2D eigenvalue weighted by Gasteiger charge is -2.26. The van der Waals surface area contributed by atoms with Crippen molar-refractivity contribution in [2.45, 2.75) is 37.1 Å². The molecule has 2 aromatic heterocycles. The zero-order chi connectivity index (χ0) is 31.6. The first-order valence-corrected chi connectivity index (χ1v) is 16.2. The Morgan fingerprint density at radius 1 is 0.911 bits per heavy atom. The number of nitrogens with zero attached hydrogens (tertiary/aromatic N) is 3. The molecule has 12 heteroatoms. The smallest absolute Gasteiger partial charge is 0.228 e. The van der Waals surface area contributed by atoms with Gasteiger partial charge in [-0.25, -0.2) is 36.5 Å². The molecule has 1 aliphatic heterocycles. The third-order valence-corrected chi connectivity index (χ3v) is 9.11. The Balaban J connectivity index is 1.32. The molecule has 8 nitrogen and oxygen atoms in total. The van der Waals surface area contributed by atoms with Gasteiger partial charge in [0.05, 0.1) is 22.8 Å². The van der Waals surface area contributed by atoms with Gasteiger partial charge in [0.2, 0.25) is 11.8 Å². The topological polar surface area (TPSA) is 106 Å². The van der Waals surface area contributed by atoms with Crippen molar-refractivity contribution >= 4 is 26.6 Å². The number of alkyl halides is 1. The lowest BCUT2D eigenvalue weighted by atomic mass is 10.0. The van der Waals surface area contributed by atoms with Gasteiger partial charge in [-0.15, -0.1) is 0 Å². The Bertz CT molecular complexity index is 1980. The number of pyridine rings is 1. The molecular formula is C33H30F3N5O3S. The van der Waals surface area contributed by atoms with E-state index in [1.54, 1.807) is 48.8 Å². The Kier molecular flexibility index (Phi) is 8.68. The molecule has 232 valence electrons. The average Bonchev–Trinajstić information content (AvgIpc) is 3.01. The molecule has 0 aliphatic carbocycles. The van der Waals surface area contributed by atoms with E-state index < -0.39 is 39.1 Å². The van der Waals surface area contributed by atoms with Crippen molar-refractivity contribution in [3.63, 3.8) is 0 Å². The molecule has 1 aliphatic rings. The fraction of sp³-hybridized carbons (Fsp3) is 0.242. The highest BCUT2D eigenvalue weighted by Crippen LogP contribution is 2.38. The minimum absolute atomic E-state index is 0.0192. The number of ether oxygens (including phenoxy) is 1. The number of piperidine rings is 1. The molecule has 0 bridgehead atoms. The van der Waals surface area contributed by atoms with Crippen molar-refractivity contribution in [1.82, 2.24) is 20.3 Å². The molecule has 0 spiro atoms. The van der Waals surface area contributed by atoms with Crippen molar-refractivity contribution in [2.24, 2.45) is 0 Å². The van der Waals surface area contributed by atoms with Crippen LogP contribution < -0.4 is 15.4 Å². The first kappa shape index (κ1) is 30.5. The highest BCUT2D eigenvalue weighted by Gasteiger charge is 2.24. The third kappa shape index (κ3) is 6.91. The summed E-state index contributed by atoms with van der Waals surface area (Å²) in [6.45, 7) is 2.72. The van der Waals surface area contributed by atoms with Crippen molar-refractivity contribution < 1.29 is 26.3 Å². The van der Waals surface area contributed by atoms with Crippen LogP contribution in [0.1, 0.15) is 23.1 Å². The van der Waals surface area contributed by atoms with Crippen LogP contribution in [0.5, 0.6) is 11.6 Å². The van der Waals surface area contributed by atoms with Crippen LogP contribution >= 0.6 is 0 Å². The van der Waals surface area contributed by atoms with Gasteiger partial charge in [-0.1, -0.05) is 30.3 Å². The molecular weight excluding hydrogens is 603 g/mol. The van der Waals surface area contributed by atoms with Crippen molar-refractivity contribution in [3.05, 3.63) is 107 Å². The maximum Gasteiger partial charge on any atom is 0.228 e. The summed E-state index contributed by atoms with van der Waals surface area (Å²) in [5.41, 5.74) is 1.76. The monoisotopic (exact) mass is 633 g/mol. The zero-order valence-electron chi connectivity index (χ0n) is 24.3. The molecule has 2 N–H and O–H groups in total. The van der Waals surface area contributed by atoms with E-state index in [9.17, 15) is 17.2 Å². The van der Waals surface area contributed by atoms with Crippen LogP contribution in [0.4, 0.5) is 19.1 Å². The van der Waals surface area contributed by atoms with Crippen LogP contribution in [-0.2, 0) is 21.3 Å². The van der Waals surface area contributed by atoms with E-state index in [2.05, 4.69) is 25.6 Å². The summed E-state index contributed by atoms with van der Waals surface area (Å²) in [5.74, 6) is -1.60. The zero-order valence-corrected chi connectivity index (χ0v) is 25.1. The van der Waals surface area contributed by atoms with E-state index >= 15 is 4.39 Å². The van der Waals surface area contributed by atoms with Gasteiger partial charge in [-0.2, -0.15) is 0 Å². The maximum atomic E-state index is 15.2. The first-order chi connectivity index (χ1) is 21.7. The van der Waals surface area contributed by atoms with E-state index in [1.807, 2.05) is 6.92 Å². The number of anilines is 1. The average molecular weight is 634 g/mol. The minimum Gasteiger partial charge on any atom is -0.437 e. The lowest BCUT2D eigenvalue weighted by Crippen LogP contribution is -2.44. The Morgan fingerprint density at radius 2 is 1.73 bits per heavy atom. The van der Waals surface area contributed by atoms with Crippen LogP contribution in [-0.4, -0.2) is 48.7 Å². The summed E-state index contributed by atoms with van der Waals surface area (Å²) >= 11 is 0. The number of aryl methyl sites for hydroxylation is 1. The molecule has 5 aromatic rings. The molecule has 0 radical (unpaired) electrons.